The second kappa shape index (κ2) is 4.57. The van der Waals surface area contributed by atoms with E-state index in [0.717, 1.165) is 12.1 Å². The Bertz CT molecular complexity index is 404. The van der Waals surface area contributed by atoms with Gasteiger partial charge >= 0.3 is 0 Å². The summed E-state index contributed by atoms with van der Waals surface area (Å²) in [5, 5.41) is -0.521. The van der Waals surface area contributed by atoms with Gasteiger partial charge in [0, 0.05) is 12.1 Å². The lowest BCUT2D eigenvalue weighted by molar-refractivity contribution is 0.479. The predicted molar refractivity (Wildman–Crippen MR) is 69.2 cm³/mol. The van der Waals surface area contributed by atoms with Gasteiger partial charge in [-0.2, -0.15) is 0 Å². The first-order valence-corrected chi connectivity index (χ1v) is 8.67. The first-order valence-electron chi connectivity index (χ1n) is 5.38. The molecule has 96 valence electrons. The van der Waals surface area contributed by atoms with Crippen LogP contribution in [0, 0.1) is 11.6 Å². The molecule has 0 aliphatic carbocycles. The summed E-state index contributed by atoms with van der Waals surface area (Å²) in [6, 6.07) is 2.26. The average molecular weight is 279 g/mol. The number of halogens is 3. The molecule has 5 heteroatoms. The molecule has 17 heavy (non-hydrogen) atoms. The van der Waals surface area contributed by atoms with Gasteiger partial charge < -0.3 is 4.43 Å². The maximum atomic E-state index is 13.3. The minimum absolute atomic E-state index is 0.0282. The fourth-order valence-electron chi connectivity index (χ4n) is 1.04. The summed E-state index contributed by atoms with van der Waals surface area (Å²) in [4.78, 5) is 0. The Morgan fingerprint density at radius 2 is 1.53 bits per heavy atom. The van der Waals surface area contributed by atoms with Gasteiger partial charge in [-0.25, -0.2) is 8.78 Å². The van der Waals surface area contributed by atoms with Crippen molar-refractivity contribution in [2.45, 2.75) is 38.9 Å². The predicted octanol–water partition coefficient (Wildman–Crippen LogP) is 5.00. The highest BCUT2D eigenvalue weighted by Crippen LogP contribution is 2.38. The minimum Gasteiger partial charge on any atom is -0.543 e. The van der Waals surface area contributed by atoms with Crippen LogP contribution in [0.1, 0.15) is 20.8 Å². The van der Waals surface area contributed by atoms with E-state index in [9.17, 15) is 8.78 Å². The number of hydrogen-bond donors (Lipinski definition) is 0. The monoisotopic (exact) mass is 278 g/mol. The molecule has 0 bridgehead atoms. The Labute approximate surface area is 107 Å². The van der Waals surface area contributed by atoms with Gasteiger partial charge in [-0.1, -0.05) is 32.4 Å². The van der Waals surface area contributed by atoms with Crippen molar-refractivity contribution in [3.63, 3.8) is 0 Å². The highest BCUT2D eigenvalue weighted by atomic mass is 35.5. The summed E-state index contributed by atoms with van der Waals surface area (Å²) in [7, 11) is -2.09. The van der Waals surface area contributed by atoms with E-state index in [-0.39, 0.29) is 10.8 Å². The van der Waals surface area contributed by atoms with Gasteiger partial charge in [-0.05, 0) is 18.1 Å². The fourth-order valence-corrected chi connectivity index (χ4v) is 2.16. The van der Waals surface area contributed by atoms with Gasteiger partial charge in [0.15, 0.2) is 0 Å². The van der Waals surface area contributed by atoms with Crippen LogP contribution in [0.15, 0.2) is 12.1 Å². The van der Waals surface area contributed by atoms with E-state index in [4.69, 9.17) is 16.0 Å². The summed E-state index contributed by atoms with van der Waals surface area (Å²) in [6.45, 7) is 10.2. The molecule has 0 atom stereocenters. The van der Waals surface area contributed by atoms with Crippen molar-refractivity contribution in [1.29, 1.82) is 0 Å². The Morgan fingerprint density at radius 3 is 1.88 bits per heavy atom. The standard InChI is InChI=1S/C12H17ClF2OSi/c1-12(2,3)17(4,5)16-8-6-9(14)11(13)10(15)7-8/h6-7H,1-5H3. The van der Waals surface area contributed by atoms with Gasteiger partial charge in [-0.3, -0.25) is 0 Å². The van der Waals surface area contributed by atoms with Crippen molar-refractivity contribution in [1.82, 2.24) is 0 Å². The lowest BCUT2D eigenvalue weighted by Gasteiger charge is -2.36. The molecule has 0 spiro atoms. The molecule has 0 fully saturated rings. The zero-order valence-electron chi connectivity index (χ0n) is 10.7. The third-order valence-electron chi connectivity index (χ3n) is 3.14. The Balaban J connectivity index is 3.05. The molecule has 1 aromatic rings. The van der Waals surface area contributed by atoms with Crippen LogP contribution in [-0.2, 0) is 0 Å². The van der Waals surface area contributed by atoms with Crippen LogP contribution < -0.4 is 4.43 Å². The van der Waals surface area contributed by atoms with Crippen molar-refractivity contribution in [3.05, 3.63) is 28.8 Å². The van der Waals surface area contributed by atoms with Gasteiger partial charge in [-0.15, -0.1) is 0 Å². The Morgan fingerprint density at radius 1 is 1.12 bits per heavy atom. The van der Waals surface area contributed by atoms with E-state index in [1.807, 2.05) is 13.1 Å². The normalized spacial score (nSPS) is 12.7. The quantitative estimate of drug-likeness (QED) is 0.546. The van der Waals surface area contributed by atoms with E-state index in [1.54, 1.807) is 0 Å². The van der Waals surface area contributed by atoms with E-state index < -0.39 is 25.0 Å². The minimum atomic E-state index is -2.09. The summed E-state index contributed by atoms with van der Waals surface area (Å²) < 4.78 is 32.3. The smallest absolute Gasteiger partial charge is 0.250 e. The zero-order chi connectivity index (χ0) is 13.4. The van der Waals surface area contributed by atoms with Crippen LogP contribution in [0.4, 0.5) is 8.78 Å². The summed E-state index contributed by atoms with van der Waals surface area (Å²) in [5.41, 5.74) is 0. The second-order valence-corrected chi connectivity index (χ2v) is 10.7. The van der Waals surface area contributed by atoms with Crippen molar-refractivity contribution in [3.8, 4) is 5.75 Å². The number of benzene rings is 1. The molecule has 1 aromatic carbocycles. The van der Waals surface area contributed by atoms with Crippen LogP contribution in [0.25, 0.3) is 0 Å². The van der Waals surface area contributed by atoms with Gasteiger partial charge in [0.2, 0.25) is 8.32 Å². The van der Waals surface area contributed by atoms with Gasteiger partial charge in [0.05, 0.1) is 0 Å². The molecule has 1 nitrogen and oxygen atoms in total. The topological polar surface area (TPSA) is 9.23 Å². The zero-order valence-corrected chi connectivity index (χ0v) is 12.5. The van der Waals surface area contributed by atoms with E-state index in [2.05, 4.69) is 20.8 Å². The first-order chi connectivity index (χ1) is 7.54. The SMILES string of the molecule is CC(C)(C)[Si](C)(C)Oc1cc(F)c(Cl)c(F)c1. The summed E-state index contributed by atoms with van der Waals surface area (Å²) in [5.74, 6) is -1.38. The van der Waals surface area contributed by atoms with E-state index >= 15 is 0 Å². The molecule has 0 saturated heterocycles. The van der Waals surface area contributed by atoms with Crippen molar-refractivity contribution >= 4 is 19.9 Å². The van der Waals surface area contributed by atoms with Gasteiger partial charge in [0.25, 0.3) is 0 Å². The average Bonchev–Trinajstić information content (AvgIpc) is 2.11. The molecule has 0 aromatic heterocycles. The highest BCUT2D eigenvalue weighted by Gasteiger charge is 2.39. The molecule has 1 rings (SSSR count). The van der Waals surface area contributed by atoms with Gasteiger partial charge in [0.1, 0.15) is 22.4 Å². The summed E-state index contributed by atoms with van der Waals surface area (Å²) in [6.07, 6.45) is 0. The summed E-state index contributed by atoms with van der Waals surface area (Å²) >= 11 is 5.42. The van der Waals surface area contributed by atoms with Crippen molar-refractivity contribution < 1.29 is 13.2 Å². The maximum absolute atomic E-state index is 13.3. The van der Waals surface area contributed by atoms with Crippen molar-refractivity contribution in [2.75, 3.05) is 0 Å². The third kappa shape index (κ3) is 3.19. The van der Waals surface area contributed by atoms with Crippen LogP contribution >= 0.6 is 11.6 Å². The number of rotatable bonds is 2. The highest BCUT2D eigenvalue weighted by molar-refractivity contribution is 6.74. The molecule has 0 N–H and O–H groups in total. The second-order valence-electron chi connectivity index (χ2n) is 5.56. The molecule has 0 amide bonds. The fraction of sp³-hybridized carbons (Fsp3) is 0.500. The molecule has 0 aliphatic rings. The lowest BCUT2D eigenvalue weighted by atomic mass is 10.2. The molecular formula is C12H17ClF2OSi. The van der Waals surface area contributed by atoms with E-state index in [0.29, 0.717) is 0 Å². The van der Waals surface area contributed by atoms with Crippen LogP contribution in [0.3, 0.4) is 0 Å². The Hall–Kier alpha value is -0.613. The first kappa shape index (κ1) is 14.4. The van der Waals surface area contributed by atoms with Crippen LogP contribution in [0.5, 0.6) is 5.75 Å². The van der Waals surface area contributed by atoms with Crippen LogP contribution in [-0.4, -0.2) is 8.32 Å². The maximum Gasteiger partial charge on any atom is 0.250 e. The molecular weight excluding hydrogens is 262 g/mol. The molecule has 0 unspecified atom stereocenters. The molecule has 0 radical (unpaired) electrons. The number of hydrogen-bond acceptors (Lipinski definition) is 1. The van der Waals surface area contributed by atoms with Crippen molar-refractivity contribution in [2.24, 2.45) is 0 Å². The molecule has 0 heterocycles. The van der Waals surface area contributed by atoms with E-state index in [1.165, 1.54) is 0 Å². The largest absolute Gasteiger partial charge is 0.543 e. The lowest BCUT2D eigenvalue weighted by Crippen LogP contribution is -2.43. The molecule has 0 aliphatic heterocycles. The third-order valence-corrected chi connectivity index (χ3v) is 7.86. The molecule has 0 saturated carbocycles. The van der Waals surface area contributed by atoms with Crippen LogP contribution in [0.2, 0.25) is 23.2 Å². The Kier molecular flexibility index (Phi) is 3.89.